The summed E-state index contributed by atoms with van der Waals surface area (Å²) in [5.41, 5.74) is 5.31. The van der Waals surface area contributed by atoms with E-state index in [2.05, 4.69) is 5.32 Å². The Bertz CT molecular complexity index is 822. The molecule has 0 bridgehead atoms. The fourth-order valence-electron chi connectivity index (χ4n) is 3.15. The Morgan fingerprint density at radius 3 is 1.50 bits per heavy atom. The van der Waals surface area contributed by atoms with Crippen LogP contribution in [0.15, 0.2) is 91.0 Å². The molecule has 0 heterocycles. The molecule has 0 radical (unpaired) electrons. The quantitative estimate of drug-likeness (QED) is 0.476. The number of carbonyl (C=O) groups is 2. The second-order valence-corrected chi connectivity index (χ2v) is 15.6. The van der Waals surface area contributed by atoms with E-state index >= 15 is 0 Å². The van der Waals surface area contributed by atoms with Gasteiger partial charge in [0, 0.05) is 0 Å². The van der Waals surface area contributed by atoms with Gasteiger partial charge in [-0.15, -0.1) is 0 Å². The van der Waals surface area contributed by atoms with Crippen molar-refractivity contribution in [2.75, 3.05) is 13.1 Å². The molecule has 0 unspecified atom stereocenters. The van der Waals surface area contributed by atoms with Gasteiger partial charge in [-0.3, -0.25) is 0 Å². The van der Waals surface area contributed by atoms with Crippen LogP contribution in [0.1, 0.15) is 0 Å². The van der Waals surface area contributed by atoms with Crippen molar-refractivity contribution < 1.29 is 12.7 Å². The van der Waals surface area contributed by atoms with Crippen molar-refractivity contribution in [3.05, 3.63) is 91.0 Å². The molecule has 3 aromatic rings. The molecule has 0 saturated carbocycles. The van der Waals surface area contributed by atoms with E-state index in [-0.39, 0.29) is 13.1 Å². The topological polar surface area (TPSA) is 81.4 Å². The van der Waals surface area contributed by atoms with Crippen LogP contribution in [0.5, 0.6) is 0 Å². The number of hydrogen-bond donors (Lipinski definition) is 2. The molecule has 3 aromatic carbocycles. The van der Waals surface area contributed by atoms with Gasteiger partial charge in [0.1, 0.15) is 0 Å². The van der Waals surface area contributed by atoms with Gasteiger partial charge in [-0.05, 0) is 0 Å². The molecule has 0 aliphatic carbocycles. The normalized spacial score (nSPS) is 10.9. The summed E-state index contributed by atoms with van der Waals surface area (Å²) in [6, 6.07) is 29.7. The molecule has 1 amide bonds. The molecule has 0 fully saturated rings. The molecule has 3 rings (SSSR count). The van der Waals surface area contributed by atoms with Crippen molar-refractivity contribution in [2.45, 2.75) is 0 Å². The number of hydrogen-bond acceptors (Lipinski definition) is 4. The third-order valence-electron chi connectivity index (χ3n) is 4.42. The first-order valence-electron chi connectivity index (χ1n) is 9.02. The van der Waals surface area contributed by atoms with E-state index in [9.17, 15) is 9.59 Å². The monoisotopic (exact) mass is 482 g/mol. The molecule has 142 valence electrons. The molecule has 0 aliphatic heterocycles. The molecule has 0 aromatic heterocycles. The summed E-state index contributed by atoms with van der Waals surface area (Å²) in [4.78, 5) is 24.2. The van der Waals surface area contributed by atoms with Crippen molar-refractivity contribution >= 4 is 41.4 Å². The second-order valence-electron chi connectivity index (χ2n) is 6.23. The van der Waals surface area contributed by atoms with Crippen LogP contribution >= 0.6 is 0 Å². The summed E-state index contributed by atoms with van der Waals surface area (Å²) in [5, 5.41) is 2.50. The van der Waals surface area contributed by atoms with Gasteiger partial charge in [-0.1, -0.05) is 0 Å². The van der Waals surface area contributed by atoms with Crippen molar-refractivity contribution in [1.82, 2.24) is 5.32 Å². The Morgan fingerprint density at radius 2 is 1.14 bits per heavy atom. The molecule has 0 saturated heterocycles. The van der Waals surface area contributed by atoms with E-state index in [1.807, 2.05) is 91.0 Å². The Hall–Kier alpha value is -2.64. The Labute approximate surface area is 168 Å². The van der Waals surface area contributed by atoms with Crippen LogP contribution in [0.3, 0.4) is 0 Å². The standard InChI is InChI=1S/3C6H5.C4H8N2O3.Sn/c3*1-2-4-6-5-3-1;5-1-3(7)6-2-4(8)9;/h3*1-5H;1-2,5H2,(H,6,7)(H,8,9);/q;;;;+1/p-1. The van der Waals surface area contributed by atoms with Crippen LogP contribution in [-0.2, 0) is 12.7 Å². The average Bonchev–Trinajstić information content (AvgIpc) is 2.77. The van der Waals surface area contributed by atoms with E-state index in [1.54, 1.807) is 0 Å². The van der Waals surface area contributed by atoms with Crippen molar-refractivity contribution in [3.63, 3.8) is 0 Å². The summed E-state index contributed by atoms with van der Waals surface area (Å²) in [6.07, 6.45) is 0. The second kappa shape index (κ2) is 9.52. The minimum absolute atomic E-state index is 0.169. The molecule has 0 aliphatic rings. The number of nitrogens with two attached hydrogens (primary N) is 1. The summed E-state index contributed by atoms with van der Waals surface area (Å²) in [5.74, 6) is -0.856. The van der Waals surface area contributed by atoms with Crippen LogP contribution in [0, 0.1) is 0 Å². The number of benzene rings is 3. The van der Waals surface area contributed by atoms with Crippen molar-refractivity contribution in [2.24, 2.45) is 5.73 Å². The van der Waals surface area contributed by atoms with Crippen LogP contribution in [0.25, 0.3) is 0 Å². The van der Waals surface area contributed by atoms with E-state index in [0.29, 0.717) is 0 Å². The number of amides is 1. The fraction of sp³-hybridized carbons (Fsp3) is 0.0909. The molecular formula is C22H22N2O3Sn. The molecule has 6 heteroatoms. The Kier molecular flexibility index (Phi) is 6.84. The van der Waals surface area contributed by atoms with Gasteiger partial charge in [0.05, 0.1) is 0 Å². The molecule has 5 nitrogen and oxygen atoms in total. The zero-order valence-corrected chi connectivity index (χ0v) is 18.2. The van der Waals surface area contributed by atoms with Gasteiger partial charge in [0.2, 0.25) is 0 Å². The van der Waals surface area contributed by atoms with Crippen LogP contribution in [0.4, 0.5) is 0 Å². The first-order valence-corrected chi connectivity index (χ1v) is 14.5. The van der Waals surface area contributed by atoms with Gasteiger partial charge in [-0.2, -0.15) is 0 Å². The summed E-state index contributed by atoms with van der Waals surface area (Å²) in [6.45, 7) is -0.376. The molecular weight excluding hydrogens is 459 g/mol. The molecule has 0 spiro atoms. The summed E-state index contributed by atoms with van der Waals surface area (Å²) >= 11 is -4.10. The van der Waals surface area contributed by atoms with Crippen LogP contribution < -0.4 is 21.8 Å². The SMILES string of the molecule is NCC(=O)NCC(=O)[O][Sn]([c]1ccccc1)([c]1ccccc1)[c]1ccccc1. The number of nitrogens with one attached hydrogen (secondary N) is 1. The minimum atomic E-state index is -4.10. The predicted octanol–water partition coefficient (Wildman–Crippen LogP) is 0.272. The maximum absolute atomic E-state index is 12.8. The van der Waals surface area contributed by atoms with Crippen LogP contribution in [-0.4, -0.2) is 43.8 Å². The Balaban J connectivity index is 2.11. The van der Waals surface area contributed by atoms with E-state index in [0.717, 1.165) is 10.7 Å². The van der Waals surface area contributed by atoms with E-state index in [4.69, 9.17) is 8.81 Å². The average molecular weight is 481 g/mol. The molecule has 28 heavy (non-hydrogen) atoms. The third kappa shape index (κ3) is 4.43. The van der Waals surface area contributed by atoms with Gasteiger partial charge < -0.3 is 0 Å². The van der Waals surface area contributed by atoms with Gasteiger partial charge in [0.25, 0.3) is 0 Å². The molecule has 0 atom stereocenters. The predicted molar refractivity (Wildman–Crippen MR) is 112 cm³/mol. The first kappa shape index (κ1) is 20.1. The Morgan fingerprint density at radius 1 is 0.750 bits per heavy atom. The van der Waals surface area contributed by atoms with Gasteiger partial charge in [0.15, 0.2) is 0 Å². The van der Waals surface area contributed by atoms with Crippen molar-refractivity contribution in [3.8, 4) is 0 Å². The number of carbonyl (C=O) groups excluding carboxylic acids is 2. The number of rotatable bonds is 7. The van der Waals surface area contributed by atoms with Gasteiger partial charge in [-0.25, -0.2) is 0 Å². The van der Waals surface area contributed by atoms with Crippen molar-refractivity contribution in [1.29, 1.82) is 0 Å². The zero-order valence-electron chi connectivity index (χ0n) is 15.4. The van der Waals surface area contributed by atoms with Gasteiger partial charge >= 0.3 is 169 Å². The third-order valence-corrected chi connectivity index (χ3v) is 15.8. The van der Waals surface area contributed by atoms with E-state index in [1.165, 1.54) is 0 Å². The van der Waals surface area contributed by atoms with Crippen LogP contribution in [0.2, 0.25) is 0 Å². The summed E-state index contributed by atoms with van der Waals surface area (Å²) in [7, 11) is 0. The summed E-state index contributed by atoms with van der Waals surface area (Å²) < 4.78 is 9.37. The zero-order chi connectivity index (χ0) is 19.8. The first-order chi connectivity index (χ1) is 13.7. The molecule has 3 N–H and O–H groups in total. The maximum atomic E-state index is 12.8. The fourth-order valence-corrected chi connectivity index (χ4v) is 13.9. The van der Waals surface area contributed by atoms with E-state index < -0.39 is 30.7 Å².